The minimum absolute atomic E-state index is 0.252. The van der Waals surface area contributed by atoms with E-state index in [0.29, 0.717) is 11.1 Å². The second-order valence-corrected chi connectivity index (χ2v) is 11.7. The molecule has 0 radical (unpaired) electrons. The van der Waals surface area contributed by atoms with Crippen molar-refractivity contribution < 1.29 is 9.59 Å². The Labute approximate surface area is 263 Å². The number of hydrogen-bond donors (Lipinski definition) is 0. The van der Waals surface area contributed by atoms with Crippen LogP contribution in [0.25, 0.3) is 55.0 Å². The smallest absolute Gasteiger partial charge is 0.266 e. The number of aryl methyl sites for hydroxylation is 1. The zero-order chi connectivity index (χ0) is 31.1. The molecule has 6 nitrogen and oxygen atoms in total. The molecule has 0 saturated heterocycles. The molecular weight excluding hydrogens is 568 g/mol. The van der Waals surface area contributed by atoms with Crippen LogP contribution in [-0.4, -0.2) is 20.9 Å². The van der Waals surface area contributed by atoms with Crippen LogP contribution in [-0.2, 0) is 0 Å². The maximum Gasteiger partial charge on any atom is 0.266 e. The predicted octanol–water partition coefficient (Wildman–Crippen LogP) is 8.86. The predicted molar refractivity (Wildman–Crippen MR) is 182 cm³/mol. The summed E-state index contributed by atoms with van der Waals surface area (Å²) in [5.74, 6) is -0.857. The standard InChI is InChI=1S/C40H24N4O2/c1-24-14-17-26(18-15-24)42-34-12-6-4-8-28(34)32-22-38-33(21-37(32)42)29-9-5-7-13-35(29)43(38)27-19-16-25(23-41)36(20-27)44-39(45)30-10-2-3-11-31(30)40(44)46/h2-22H,1H3. The third kappa shape index (κ3) is 3.51. The molecule has 3 heterocycles. The number of imide groups is 1. The Bertz CT molecular complexity index is 2620. The SMILES string of the molecule is Cc1ccc(-n2c3ccccc3c3cc4c(cc32)c2ccccc2n4-c2ccc(C#N)c(N3C(=O)c4ccccc4C3=O)c2)cc1. The molecule has 0 aliphatic carbocycles. The Kier molecular flexibility index (Phi) is 5.38. The third-order valence-electron chi connectivity index (χ3n) is 9.15. The molecule has 9 rings (SSSR count). The number of aromatic nitrogens is 2. The zero-order valence-electron chi connectivity index (χ0n) is 24.7. The van der Waals surface area contributed by atoms with E-state index in [1.54, 1.807) is 36.4 Å². The first-order valence-corrected chi connectivity index (χ1v) is 15.1. The number of anilines is 1. The summed E-state index contributed by atoms with van der Waals surface area (Å²) in [6.07, 6.45) is 0. The van der Waals surface area contributed by atoms with Gasteiger partial charge >= 0.3 is 0 Å². The van der Waals surface area contributed by atoms with Crippen LogP contribution in [0.15, 0.2) is 127 Å². The Morgan fingerprint density at radius 3 is 1.59 bits per heavy atom. The van der Waals surface area contributed by atoms with Gasteiger partial charge in [0.25, 0.3) is 11.8 Å². The lowest BCUT2D eigenvalue weighted by Crippen LogP contribution is -2.30. The minimum atomic E-state index is -0.429. The van der Waals surface area contributed by atoms with Crippen molar-refractivity contribution in [2.75, 3.05) is 4.90 Å². The molecule has 2 aromatic heterocycles. The summed E-state index contributed by atoms with van der Waals surface area (Å²) in [7, 11) is 0. The zero-order valence-corrected chi connectivity index (χ0v) is 24.7. The Morgan fingerprint density at radius 2 is 1.02 bits per heavy atom. The molecule has 0 atom stereocenters. The van der Waals surface area contributed by atoms with E-state index in [9.17, 15) is 14.9 Å². The lowest BCUT2D eigenvalue weighted by Gasteiger charge is -2.18. The maximum atomic E-state index is 13.5. The number of carbonyl (C=O) groups excluding carboxylic acids is 2. The first-order chi connectivity index (χ1) is 22.5. The molecule has 0 saturated carbocycles. The summed E-state index contributed by atoms with van der Waals surface area (Å²) in [5.41, 5.74) is 8.44. The molecule has 0 unspecified atom stereocenters. The summed E-state index contributed by atoms with van der Waals surface area (Å²) in [6, 6.07) is 44.1. The number of carbonyl (C=O) groups is 2. The Hall–Kier alpha value is -6.45. The molecule has 1 aliphatic heterocycles. The van der Waals surface area contributed by atoms with Crippen molar-refractivity contribution in [1.29, 1.82) is 5.26 Å². The molecule has 0 fully saturated rings. The summed E-state index contributed by atoms with van der Waals surface area (Å²) in [5, 5.41) is 14.5. The molecule has 0 N–H and O–H groups in total. The number of benzene rings is 6. The van der Waals surface area contributed by atoms with Crippen LogP contribution in [0.3, 0.4) is 0 Å². The Balaban J connectivity index is 1.33. The topological polar surface area (TPSA) is 71.0 Å². The van der Waals surface area contributed by atoms with E-state index in [1.165, 1.54) is 5.56 Å². The first kappa shape index (κ1) is 26.0. The highest BCUT2D eigenvalue weighted by Crippen LogP contribution is 2.40. The first-order valence-electron chi connectivity index (χ1n) is 15.1. The van der Waals surface area contributed by atoms with Gasteiger partial charge in [-0.1, -0.05) is 66.2 Å². The summed E-state index contributed by atoms with van der Waals surface area (Å²) in [4.78, 5) is 28.1. The van der Waals surface area contributed by atoms with Gasteiger partial charge in [0.15, 0.2) is 0 Å². The van der Waals surface area contributed by atoms with Crippen molar-refractivity contribution in [3.8, 4) is 17.4 Å². The van der Waals surface area contributed by atoms with E-state index in [0.717, 1.165) is 59.9 Å². The van der Waals surface area contributed by atoms with Crippen LogP contribution in [0.5, 0.6) is 0 Å². The molecule has 6 heteroatoms. The van der Waals surface area contributed by atoms with Crippen LogP contribution < -0.4 is 4.90 Å². The average Bonchev–Trinajstić information content (AvgIpc) is 3.68. The molecule has 8 aromatic rings. The number of nitrogens with zero attached hydrogens (tertiary/aromatic N) is 4. The molecule has 2 amide bonds. The number of fused-ring (bicyclic) bond motifs is 7. The fraction of sp³-hybridized carbons (Fsp3) is 0.0250. The van der Waals surface area contributed by atoms with E-state index >= 15 is 0 Å². The minimum Gasteiger partial charge on any atom is -0.309 e. The largest absolute Gasteiger partial charge is 0.309 e. The van der Waals surface area contributed by atoms with Gasteiger partial charge in [0.2, 0.25) is 0 Å². The Morgan fingerprint density at radius 1 is 0.522 bits per heavy atom. The van der Waals surface area contributed by atoms with Crippen LogP contribution in [0.2, 0.25) is 0 Å². The number of rotatable bonds is 3. The second kappa shape index (κ2) is 9.52. The summed E-state index contributed by atoms with van der Waals surface area (Å²) in [6.45, 7) is 2.09. The van der Waals surface area contributed by atoms with Crippen LogP contribution in [0, 0.1) is 18.3 Å². The van der Waals surface area contributed by atoms with E-state index in [2.05, 4.69) is 94.9 Å². The van der Waals surface area contributed by atoms with Gasteiger partial charge < -0.3 is 9.13 Å². The molecule has 6 aromatic carbocycles. The molecule has 0 bridgehead atoms. The summed E-state index contributed by atoms with van der Waals surface area (Å²) >= 11 is 0. The van der Waals surface area contributed by atoms with Gasteiger partial charge in [-0.05, 0) is 73.7 Å². The second-order valence-electron chi connectivity index (χ2n) is 11.7. The molecular formula is C40H24N4O2. The maximum absolute atomic E-state index is 13.5. The average molecular weight is 593 g/mol. The quantitative estimate of drug-likeness (QED) is 0.192. The van der Waals surface area contributed by atoms with Gasteiger partial charge in [0.1, 0.15) is 6.07 Å². The van der Waals surface area contributed by atoms with Crippen molar-refractivity contribution >= 4 is 61.1 Å². The van der Waals surface area contributed by atoms with Crippen LogP contribution >= 0.6 is 0 Å². The lowest BCUT2D eigenvalue weighted by molar-refractivity contribution is 0.0926. The molecule has 216 valence electrons. The van der Waals surface area contributed by atoms with E-state index < -0.39 is 11.8 Å². The van der Waals surface area contributed by atoms with Gasteiger partial charge in [-0.15, -0.1) is 0 Å². The van der Waals surface area contributed by atoms with Crippen LogP contribution in [0.4, 0.5) is 5.69 Å². The van der Waals surface area contributed by atoms with E-state index in [-0.39, 0.29) is 11.3 Å². The van der Waals surface area contributed by atoms with E-state index in [1.807, 2.05) is 18.2 Å². The van der Waals surface area contributed by atoms with Gasteiger partial charge in [0.05, 0.1) is 44.4 Å². The highest BCUT2D eigenvalue weighted by molar-refractivity contribution is 6.34. The number of amides is 2. The highest BCUT2D eigenvalue weighted by Gasteiger charge is 2.37. The molecule has 46 heavy (non-hydrogen) atoms. The summed E-state index contributed by atoms with van der Waals surface area (Å²) < 4.78 is 4.47. The van der Waals surface area contributed by atoms with Gasteiger partial charge in [-0.25, -0.2) is 4.90 Å². The lowest BCUT2D eigenvalue weighted by atomic mass is 10.1. The van der Waals surface area contributed by atoms with Gasteiger partial charge in [-0.3, -0.25) is 9.59 Å². The van der Waals surface area contributed by atoms with Crippen molar-refractivity contribution in [2.24, 2.45) is 0 Å². The highest BCUT2D eigenvalue weighted by atomic mass is 16.2. The fourth-order valence-electron chi connectivity index (χ4n) is 7.03. The molecule has 0 spiro atoms. The third-order valence-corrected chi connectivity index (χ3v) is 9.15. The van der Waals surface area contributed by atoms with Gasteiger partial charge in [0, 0.05) is 32.9 Å². The fourth-order valence-corrected chi connectivity index (χ4v) is 7.03. The number of nitriles is 1. The van der Waals surface area contributed by atoms with Crippen molar-refractivity contribution in [3.05, 3.63) is 150 Å². The van der Waals surface area contributed by atoms with Gasteiger partial charge in [-0.2, -0.15) is 5.26 Å². The van der Waals surface area contributed by atoms with Crippen molar-refractivity contribution in [2.45, 2.75) is 6.92 Å². The van der Waals surface area contributed by atoms with Crippen molar-refractivity contribution in [1.82, 2.24) is 9.13 Å². The molecule has 1 aliphatic rings. The van der Waals surface area contributed by atoms with Crippen LogP contribution in [0.1, 0.15) is 31.8 Å². The number of para-hydroxylation sites is 2. The number of hydrogen-bond acceptors (Lipinski definition) is 3. The van der Waals surface area contributed by atoms with E-state index in [4.69, 9.17) is 0 Å². The normalized spacial score (nSPS) is 12.9. The van der Waals surface area contributed by atoms with Crippen molar-refractivity contribution in [3.63, 3.8) is 0 Å². The monoisotopic (exact) mass is 592 g/mol.